The number of aromatic nitrogens is 4. The van der Waals surface area contributed by atoms with Crippen molar-refractivity contribution in [3.05, 3.63) is 29.2 Å². The largest absolute Gasteiger partial charge is 0.478 e. The third-order valence-electron chi connectivity index (χ3n) is 3.14. The second kappa shape index (κ2) is 4.16. The van der Waals surface area contributed by atoms with Crippen molar-refractivity contribution >= 4 is 17.1 Å². The minimum Gasteiger partial charge on any atom is -0.478 e. The third kappa shape index (κ3) is 1.75. The van der Waals surface area contributed by atoms with Crippen LogP contribution in [0.2, 0.25) is 0 Å². The van der Waals surface area contributed by atoms with Crippen molar-refractivity contribution in [2.75, 3.05) is 0 Å². The van der Waals surface area contributed by atoms with E-state index >= 15 is 0 Å². The van der Waals surface area contributed by atoms with E-state index in [1.165, 1.54) is 6.07 Å². The van der Waals surface area contributed by atoms with Crippen molar-refractivity contribution < 1.29 is 14.4 Å². The van der Waals surface area contributed by atoms with E-state index < -0.39 is 5.97 Å². The van der Waals surface area contributed by atoms with Crippen LogP contribution < -0.4 is 0 Å². The predicted octanol–water partition coefficient (Wildman–Crippen LogP) is 1.94. The average Bonchev–Trinajstić information content (AvgIpc) is 2.92. The average molecular weight is 272 g/mol. The molecule has 102 valence electrons. The zero-order valence-electron chi connectivity index (χ0n) is 11.2. The number of pyridine rings is 1. The zero-order chi connectivity index (χ0) is 14.4. The highest BCUT2D eigenvalue weighted by Gasteiger charge is 2.19. The summed E-state index contributed by atoms with van der Waals surface area (Å²) in [5.41, 5.74) is 2.92. The Hall–Kier alpha value is -2.70. The Morgan fingerprint density at radius 1 is 1.35 bits per heavy atom. The SMILES string of the molecule is Cc1nn(C)cc1-c1cc(C(=O)O)c2c(C)noc2n1. The molecule has 0 spiro atoms. The topological polar surface area (TPSA) is 94.0 Å². The molecule has 7 heteroatoms. The number of carboxylic acids is 1. The molecule has 3 heterocycles. The van der Waals surface area contributed by atoms with E-state index in [-0.39, 0.29) is 11.3 Å². The van der Waals surface area contributed by atoms with E-state index in [1.54, 1.807) is 24.9 Å². The van der Waals surface area contributed by atoms with Crippen LogP contribution in [0.1, 0.15) is 21.7 Å². The van der Waals surface area contributed by atoms with Crippen LogP contribution in [0.3, 0.4) is 0 Å². The van der Waals surface area contributed by atoms with Crippen molar-refractivity contribution in [1.29, 1.82) is 0 Å². The predicted molar refractivity (Wildman–Crippen MR) is 70.4 cm³/mol. The molecule has 0 saturated heterocycles. The molecular weight excluding hydrogens is 260 g/mol. The van der Waals surface area contributed by atoms with Crippen LogP contribution in [0.25, 0.3) is 22.4 Å². The van der Waals surface area contributed by atoms with Crippen LogP contribution in [-0.2, 0) is 7.05 Å². The second-order valence-corrected chi connectivity index (χ2v) is 4.61. The summed E-state index contributed by atoms with van der Waals surface area (Å²) in [5.74, 6) is -1.04. The van der Waals surface area contributed by atoms with Crippen LogP contribution in [0.4, 0.5) is 0 Å². The van der Waals surface area contributed by atoms with Crippen LogP contribution in [0.5, 0.6) is 0 Å². The Morgan fingerprint density at radius 3 is 2.70 bits per heavy atom. The van der Waals surface area contributed by atoms with Crippen molar-refractivity contribution in [3.8, 4) is 11.3 Å². The maximum Gasteiger partial charge on any atom is 0.336 e. The van der Waals surface area contributed by atoms with Crippen LogP contribution in [0.15, 0.2) is 16.8 Å². The number of hydrogen-bond acceptors (Lipinski definition) is 5. The van der Waals surface area contributed by atoms with Gasteiger partial charge in [0.15, 0.2) is 0 Å². The molecule has 0 radical (unpaired) electrons. The van der Waals surface area contributed by atoms with Crippen LogP contribution >= 0.6 is 0 Å². The van der Waals surface area contributed by atoms with Crippen molar-refractivity contribution in [2.45, 2.75) is 13.8 Å². The highest BCUT2D eigenvalue weighted by atomic mass is 16.5. The first-order chi connectivity index (χ1) is 9.47. The van der Waals surface area contributed by atoms with E-state index in [2.05, 4.69) is 15.2 Å². The second-order valence-electron chi connectivity index (χ2n) is 4.61. The smallest absolute Gasteiger partial charge is 0.336 e. The van der Waals surface area contributed by atoms with Crippen molar-refractivity contribution in [2.24, 2.45) is 7.05 Å². The van der Waals surface area contributed by atoms with Gasteiger partial charge in [-0.25, -0.2) is 9.78 Å². The van der Waals surface area contributed by atoms with Gasteiger partial charge in [0, 0.05) is 18.8 Å². The molecule has 0 saturated carbocycles. The van der Waals surface area contributed by atoms with Crippen LogP contribution in [0, 0.1) is 13.8 Å². The maximum absolute atomic E-state index is 11.4. The van der Waals surface area contributed by atoms with E-state index in [9.17, 15) is 9.90 Å². The molecule has 0 aromatic carbocycles. The number of hydrogen-bond donors (Lipinski definition) is 1. The molecule has 3 aromatic rings. The highest BCUT2D eigenvalue weighted by molar-refractivity contribution is 6.03. The standard InChI is InChI=1S/C13H12N4O3/c1-6-9(5-17(3)15-6)10-4-8(13(18)19)11-7(2)16-20-12(11)14-10/h4-5H,1-3H3,(H,18,19). The first-order valence-corrected chi connectivity index (χ1v) is 5.98. The van der Waals surface area contributed by atoms with Gasteiger partial charge >= 0.3 is 5.97 Å². The first-order valence-electron chi connectivity index (χ1n) is 5.98. The highest BCUT2D eigenvalue weighted by Crippen LogP contribution is 2.28. The summed E-state index contributed by atoms with van der Waals surface area (Å²) in [6.07, 6.45) is 1.79. The number of rotatable bonds is 2. The zero-order valence-corrected chi connectivity index (χ0v) is 11.2. The lowest BCUT2D eigenvalue weighted by Gasteiger charge is -2.02. The Kier molecular flexibility index (Phi) is 2.56. The van der Waals surface area contributed by atoms with Gasteiger partial charge in [0.2, 0.25) is 0 Å². The van der Waals surface area contributed by atoms with E-state index in [0.29, 0.717) is 16.8 Å². The maximum atomic E-state index is 11.4. The molecule has 20 heavy (non-hydrogen) atoms. The normalized spacial score (nSPS) is 11.2. The van der Waals surface area contributed by atoms with Gasteiger partial charge in [-0.3, -0.25) is 4.68 Å². The molecule has 0 aliphatic heterocycles. The third-order valence-corrected chi connectivity index (χ3v) is 3.14. The summed E-state index contributed by atoms with van der Waals surface area (Å²) in [4.78, 5) is 15.8. The molecule has 1 N–H and O–H groups in total. The summed E-state index contributed by atoms with van der Waals surface area (Å²) < 4.78 is 6.75. The van der Waals surface area contributed by atoms with E-state index in [4.69, 9.17) is 4.52 Å². The van der Waals surface area contributed by atoms with Gasteiger partial charge in [0.05, 0.1) is 28.0 Å². The minimum absolute atomic E-state index is 0.131. The Labute approximate surface area is 113 Å². The van der Waals surface area contributed by atoms with Gasteiger partial charge in [-0.15, -0.1) is 0 Å². The Bertz CT molecular complexity index is 832. The van der Waals surface area contributed by atoms with Gasteiger partial charge in [-0.2, -0.15) is 5.10 Å². The van der Waals surface area contributed by atoms with E-state index in [0.717, 1.165) is 11.3 Å². The summed E-state index contributed by atoms with van der Waals surface area (Å²) >= 11 is 0. The molecule has 0 aliphatic rings. The summed E-state index contributed by atoms with van der Waals surface area (Å²) in [5, 5.41) is 17.8. The van der Waals surface area contributed by atoms with Gasteiger partial charge in [0.25, 0.3) is 5.71 Å². The number of aromatic carboxylic acids is 1. The molecule has 3 aromatic heterocycles. The van der Waals surface area contributed by atoms with Gasteiger partial charge in [0.1, 0.15) is 0 Å². The molecule has 0 fully saturated rings. The summed E-state index contributed by atoms with van der Waals surface area (Å²) in [6.45, 7) is 3.53. The monoisotopic (exact) mass is 272 g/mol. The van der Waals surface area contributed by atoms with E-state index in [1.807, 2.05) is 6.92 Å². The minimum atomic E-state index is -1.04. The van der Waals surface area contributed by atoms with Crippen molar-refractivity contribution in [1.82, 2.24) is 19.9 Å². The fourth-order valence-electron chi connectivity index (χ4n) is 2.25. The van der Waals surface area contributed by atoms with Gasteiger partial charge in [-0.1, -0.05) is 5.16 Å². The lowest BCUT2D eigenvalue weighted by Crippen LogP contribution is -2.00. The first kappa shape index (κ1) is 12.3. The molecule has 0 bridgehead atoms. The molecule has 0 atom stereocenters. The molecule has 3 rings (SSSR count). The molecule has 0 amide bonds. The fraction of sp³-hybridized carbons (Fsp3) is 0.231. The quantitative estimate of drug-likeness (QED) is 0.766. The Morgan fingerprint density at radius 2 is 2.10 bits per heavy atom. The molecular formula is C13H12N4O3. The number of carboxylic acid groups (broad SMARTS) is 1. The number of aryl methyl sites for hydroxylation is 3. The number of carbonyl (C=O) groups is 1. The number of fused-ring (bicyclic) bond motifs is 1. The lowest BCUT2D eigenvalue weighted by molar-refractivity contribution is 0.0699. The van der Waals surface area contributed by atoms with Crippen molar-refractivity contribution in [3.63, 3.8) is 0 Å². The molecule has 0 aliphatic carbocycles. The lowest BCUT2D eigenvalue weighted by atomic mass is 10.1. The summed E-state index contributed by atoms with van der Waals surface area (Å²) in [6, 6.07) is 1.53. The fourth-order valence-corrected chi connectivity index (χ4v) is 2.25. The van der Waals surface area contributed by atoms with Gasteiger partial charge < -0.3 is 9.63 Å². The van der Waals surface area contributed by atoms with Crippen LogP contribution in [-0.4, -0.2) is 31.0 Å². The molecule has 7 nitrogen and oxygen atoms in total. The summed E-state index contributed by atoms with van der Waals surface area (Å²) in [7, 11) is 1.80. The Balaban J connectivity index is 2.33. The number of nitrogens with zero attached hydrogens (tertiary/aromatic N) is 4. The van der Waals surface area contributed by atoms with Gasteiger partial charge in [-0.05, 0) is 19.9 Å². The molecule has 0 unspecified atom stereocenters.